The summed E-state index contributed by atoms with van der Waals surface area (Å²) < 4.78 is 5.41. The summed E-state index contributed by atoms with van der Waals surface area (Å²) in [4.78, 5) is 27.2. The number of piperazine rings is 1. The van der Waals surface area contributed by atoms with Crippen molar-refractivity contribution in [3.8, 4) is 5.75 Å². The lowest BCUT2D eigenvalue weighted by molar-refractivity contribution is -0.134. The number of rotatable bonds is 9. The van der Waals surface area contributed by atoms with Crippen LogP contribution in [0.25, 0.3) is 0 Å². The Kier molecular flexibility index (Phi) is 8.06. The maximum atomic E-state index is 12.5. The van der Waals surface area contributed by atoms with Gasteiger partial charge in [-0.15, -0.1) is 0 Å². The number of amides is 2. The number of methoxy groups -OCH3 is 1. The number of benzene rings is 2. The zero-order valence-corrected chi connectivity index (χ0v) is 18.7. The fourth-order valence-electron chi connectivity index (χ4n) is 4.05. The third-order valence-corrected chi connectivity index (χ3v) is 6.07. The number of aryl methyl sites for hydroxylation is 1. The van der Waals surface area contributed by atoms with Gasteiger partial charge in [0.25, 0.3) is 0 Å². The van der Waals surface area contributed by atoms with Crippen molar-refractivity contribution in [1.29, 1.82) is 0 Å². The van der Waals surface area contributed by atoms with Gasteiger partial charge in [-0.05, 0) is 55.0 Å². The molecule has 166 valence electrons. The zero-order valence-electron chi connectivity index (χ0n) is 18.7. The summed E-state index contributed by atoms with van der Waals surface area (Å²) >= 11 is 0. The van der Waals surface area contributed by atoms with Gasteiger partial charge >= 0.3 is 0 Å². The Morgan fingerprint density at radius 3 is 2.68 bits per heavy atom. The minimum absolute atomic E-state index is 0.0754. The van der Waals surface area contributed by atoms with Gasteiger partial charge in [0.1, 0.15) is 5.75 Å². The molecule has 0 saturated carbocycles. The zero-order chi connectivity index (χ0) is 22.2. The first kappa shape index (κ1) is 22.8. The van der Waals surface area contributed by atoms with Crippen molar-refractivity contribution in [2.45, 2.75) is 45.7 Å². The summed E-state index contributed by atoms with van der Waals surface area (Å²) in [6, 6.07) is 13.8. The van der Waals surface area contributed by atoms with Gasteiger partial charge in [-0.25, -0.2) is 0 Å². The van der Waals surface area contributed by atoms with Gasteiger partial charge in [0, 0.05) is 26.2 Å². The number of nitrogens with one attached hydrogen (secondary N) is 2. The minimum atomic E-state index is -0.454. The molecule has 0 aliphatic carbocycles. The number of hydrogen-bond donors (Lipinski definition) is 2. The number of hydrogen-bond acceptors (Lipinski definition) is 4. The Bertz CT molecular complexity index is 898. The summed E-state index contributed by atoms with van der Waals surface area (Å²) in [5.74, 6) is 0.709. The predicted molar refractivity (Wildman–Crippen MR) is 122 cm³/mol. The maximum Gasteiger partial charge on any atom is 0.237 e. The van der Waals surface area contributed by atoms with E-state index in [1.54, 1.807) is 7.11 Å². The van der Waals surface area contributed by atoms with Gasteiger partial charge in [-0.1, -0.05) is 36.4 Å². The Morgan fingerprint density at radius 2 is 1.94 bits per heavy atom. The molecule has 2 aromatic carbocycles. The quantitative estimate of drug-likeness (QED) is 0.609. The SMILES string of the molecule is COc1ccc(CN2CCNC(=O)C2CC(=O)NCCCc2ccccc2)c(C)c1C. The average Bonchev–Trinajstić information content (AvgIpc) is 2.77. The molecule has 31 heavy (non-hydrogen) atoms. The fraction of sp³-hybridized carbons (Fsp3) is 0.440. The van der Waals surface area contributed by atoms with Gasteiger partial charge in [0.05, 0.1) is 19.6 Å². The topological polar surface area (TPSA) is 70.7 Å². The molecule has 3 rings (SSSR count). The molecule has 6 heteroatoms. The molecule has 0 radical (unpaired) electrons. The van der Waals surface area contributed by atoms with Crippen LogP contribution < -0.4 is 15.4 Å². The highest BCUT2D eigenvalue weighted by atomic mass is 16.5. The summed E-state index contributed by atoms with van der Waals surface area (Å²) in [6.07, 6.45) is 1.97. The molecule has 1 unspecified atom stereocenters. The van der Waals surface area contributed by atoms with Crippen LogP contribution in [0.2, 0.25) is 0 Å². The van der Waals surface area contributed by atoms with Crippen molar-refractivity contribution in [1.82, 2.24) is 15.5 Å². The highest BCUT2D eigenvalue weighted by Crippen LogP contribution is 2.26. The minimum Gasteiger partial charge on any atom is -0.496 e. The Morgan fingerprint density at radius 1 is 1.16 bits per heavy atom. The molecule has 2 aromatic rings. The molecule has 0 aromatic heterocycles. The third-order valence-electron chi connectivity index (χ3n) is 6.07. The van der Waals surface area contributed by atoms with E-state index in [0.29, 0.717) is 19.6 Å². The lowest BCUT2D eigenvalue weighted by Gasteiger charge is -2.35. The Labute approximate surface area is 185 Å². The molecule has 1 atom stereocenters. The van der Waals surface area contributed by atoms with E-state index in [0.717, 1.165) is 41.8 Å². The van der Waals surface area contributed by atoms with Gasteiger partial charge in [0.2, 0.25) is 11.8 Å². The summed E-state index contributed by atoms with van der Waals surface area (Å²) in [7, 11) is 1.67. The molecule has 0 bridgehead atoms. The van der Waals surface area contributed by atoms with Crippen LogP contribution in [-0.2, 0) is 22.6 Å². The van der Waals surface area contributed by atoms with Crippen LogP contribution in [-0.4, -0.2) is 49.5 Å². The Balaban J connectivity index is 1.56. The van der Waals surface area contributed by atoms with Crippen LogP contribution in [0, 0.1) is 13.8 Å². The molecule has 2 amide bonds. The van der Waals surface area contributed by atoms with Crippen molar-refractivity contribution in [2.75, 3.05) is 26.7 Å². The van der Waals surface area contributed by atoms with Crippen LogP contribution in [0.15, 0.2) is 42.5 Å². The van der Waals surface area contributed by atoms with Gasteiger partial charge in [-0.2, -0.15) is 0 Å². The van der Waals surface area contributed by atoms with Crippen LogP contribution >= 0.6 is 0 Å². The van der Waals surface area contributed by atoms with Crippen molar-refractivity contribution in [3.05, 3.63) is 64.7 Å². The second-order valence-electron chi connectivity index (χ2n) is 8.10. The lowest BCUT2D eigenvalue weighted by atomic mass is 10.00. The second-order valence-corrected chi connectivity index (χ2v) is 8.10. The van der Waals surface area contributed by atoms with Crippen molar-refractivity contribution in [2.24, 2.45) is 0 Å². The highest BCUT2D eigenvalue weighted by Gasteiger charge is 2.31. The van der Waals surface area contributed by atoms with E-state index in [2.05, 4.69) is 34.6 Å². The number of nitrogens with zero attached hydrogens (tertiary/aromatic N) is 1. The lowest BCUT2D eigenvalue weighted by Crippen LogP contribution is -2.56. The van der Waals surface area contributed by atoms with E-state index < -0.39 is 6.04 Å². The molecule has 1 aliphatic heterocycles. The molecule has 1 aliphatic rings. The number of carbonyl (C=O) groups is 2. The molecule has 6 nitrogen and oxygen atoms in total. The van der Waals surface area contributed by atoms with Crippen LogP contribution in [0.5, 0.6) is 5.75 Å². The molecular formula is C25H33N3O3. The summed E-state index contributed by atoms with van der Waals surface area (Å²) in [5, 5.41) is 5.88. The molecule has 0 spiro atoms. The Hall–Kier alpha value is -2.86. The second kappa shape index (κ2) is 11.0. The highest BCUT2D eigenvalue weighted by molar-refractivity contribution is 5.88. The fourth-order valence-corrected chi connectivity index (χ4v) is 4.05. The monoisotopic (exact) mass is 423 g/mol. The molecule has 1 saturated heterocycles. The smallest absolute Gasteiger partial charge is 0.237 e. The average molecular weight is 424 g/mol. The van der Waals surface area contributed by atoms with Crippen molar-refractivity contribution in [3.63, 3.8) is 0 Å². The molecule has 2 N–H and O–H groups in total. The first-order valence-corrected chi connectivity index (χ1v) is 10.9. The molecule has 1 fully saturated rings. The predicted octanol–water partition coefficient (Wildman–Crippen LogP) is 2.75. The van der Waals surface area contributed by atoms with Crippen LogP contribution in [0.3, 0.4) is 0 Å². The van der Waals surface area contributed by atoms with Gasteiger partial charge < -0.3 is 15.4 Å². The standard InChI is InChI=1S/C25H33N3O3/c1-18-19(2)23(31-3)12-11-21(18)17-28-15-14-27-25(30)22(28)16-24(29)26-13-7-10-20-8-5-4-6-9-20/h4-6,8-9,11-12,22H,7,10,13-17H2,1-3H3,(H,26,29)(H,27,30). The van der Waals surface area contributed by atoms with Crippen molar-refractivity contribution < 1.29 is 14.3 Å². The van der Waals surface area contributed by atoms with E-state index in [4.69, 9.17) is 4.74 Å². The number of ether oxygens (including phenoxy) is 1. The molecular weight excluding hydrogens is 390 g/mol. The first-order valence-electron chi connectivity index (χ1n) is 10.9. The maximum absolute atomic E-state index is 12.5. The summed E-state index contributed by atoms with van der Waals surface area (Å²) in [6.45, 7) is 6.69. The van der Waals surface area contributed by atoms with E-state index >= 15 is 0 Å². The summed E-state index contributed by atoms with van der Waals surface area (Å²) in [5.41, 5.74) is 4.68. The largest absolute Gasteiger partial charge is 0.496 e. The normalized spacial score (nSPS) is 16.6. The third kappa shape index (κ3) is 6.07. The molecule has 1 heterocycles. The number of carbonyl (C=O) groups excluding carboxylic acids is 2. The van der Waals surface area contributed by atoms with E-state index in [9.17, 15) is 9.59 Å². The van der Waals surface area contributed by atoms with Gasteiger partial charge in [-0.3, -0.25) is 14.5 Å². The van der Waals surface area contributed by atoms with Gasteiger partial charge in [0.15, 0.2) is 0 Å². The first-order chi connectivity index (χ1) is 15.0. The van der Waals surface area contributed by atoms with Crippen molar-refractivity contribution >= 4 is 11.8 Å². The van der Waals surface area contributed by atoms with E-state index in [1.807, 2.05) is 37.3 Å². The van der Waals surface area contributed by atoms with Crippen LogP contribution in [0.4, 0.5) is 0 Å². The van der Waals surface area contributed by atoms with E-state index in [1.165, 1.54) is 5.56 Å². The van der Waals surface area contributed by atoms with E-state index in [-0.39, 0.29) is 18.2 Å². The van der Waals surface area contributed by atoms with Crippen LogP contribution in [0.1, 0.15) is 35.1 Å².